The maximum Gasteiger partial charge on any atom is 0.329 e. The van der Waals surface area contributed by atoms with Crippen LogP contribution < -0.4 is 19.9 Å². The van der Waals surface area contributed by atoms with Gasteiger partial charge < -0.3 is 15.0 Å². The van der Waals surface area contributed by atoms with E-state index in [2.05, 4.69) is 27.2 Å². The van der Waals surface area contributed by atoms with E-state index in [9.17, 15) is 9.59 Å². The molecule has 0 spiro atoms. The molecule has 0 saturated carbocycles. The number of urea groups is 1. The molecule has 7 heteroatoms. The lowest BCUT2D eigenvalue weighted by molar-refractivity contribution is -0.120. The van der Waals surface area contributed by atoms with Crippen molar-refractivity contribution in [3.8, 4) is 5.75 Å². The Kier molecular flexibility index (Phi) is 5.16. The number of methoxy groups -OCH3 is 1. The van der Waals surface area contributed by atoms with Crippen molar-refractivity contribution >= 4 is 23.3 Å². The van der Waals surface area contributed by atoms with Crippen LogP contribution in [0.5, 0.6) is 5.75 Å². The van der Waals surface area contributed by atoms with Crippen molar-refractivity contribution < 1.29 is 14.3 Å². The van der Waals surface area contributed by atoms with Crippen LogP contribution in [-0.4, -0.2) is 56.3 Å². The number of anilines is 2. The molecular weight excluding hydrogens is 356 g/mol. The summed E-state index contributed by atoms with van der Waals surface area (Å²) in [7, 11) is 1.58. The van der Waals surface area contributed by atoms with Crippen LogP contribution in [0.1, 0.15) is 6.42 Å². The highest BCUT2D eigenvalue weighted by Crippen LogP contribution is 2.24. The lowest BCUT2D eigenvalue weighted by atomic mass is 10.1. The summed E-state index contributed by atoms with van der Waals surface area (Å²) in [5.41, 5.74) is 1.76. The van der Waals surface area contributed by atoms with Crippen molar-refractivity contribution in [2.45, 2.75) is 12.6 Å². The van der Waals surface area contributed by atoms with Gasteiger partial charge >= 0.3 is 6.03 Å². The number of amides is 3. The quantitative estimate of drug-likeness (QED) is 0.882. The topological polar surface area (TPSA) is 65.1 Å². The van der Waals surface area contributed by atoms with Gasteiger partial charge in [0.15, 0.2) is 0 Å². The van der Waals surface area contributed by atoms with E-state index in [4.69, 9.17) is 4.74 Å². The first-order chi connectivity index (χ1) is 13.7. The minimum absolute atomic E-state index is 0.190. The van der Waals surface area contributed by atoms with Crippen molar-refractivity contribution in [3.05, 3.63) is 54.6 Å². The van der Waals surface area contributed by atoms with Gasteiger partial charge in [-0.15, -0.1) is 0 Å². The Balaban J connectivity index is 1.38. The number of carbonyl (C=O) groups excluding carboxylic acids is 2. The third-order valence-corrected chi connectivity index (χ3v) is 5.32. The lowest BCUT2D eigenvalue weighted by Crippen LogP contribution is -2.63. The van der Waals surface area contributed by atoms with E-state index in [1.54, 1.807) is 31.4 Å². The summed E-state index contributed by atoms with van der Waals surface area (Å²) in [6.45, 7) is 3.34. The van der Waals surface area contributed by atoms with Crippen molar-refractivity contribution in [1.29, 1.82) is 0 Å². The van der Waals surface area contributed by atoms with Crippen molar-refractivity contribution in [2.75, 3.05) is 43.1 Å². The predicted octanol–water partition coefficient (Wildman–Crippen LogP) is 2.29. The van der Waals surface area contributed by atoms with E-state index in [1.807, 2.05) is 18.2 Å². The average Bonchev–Trinajstić information content (AvgIpc) is 2.74. The largest absolute Gasteiger partial charge is 0.497 e. The molecule has 2 aliphatic heterocycles. The Morgan fingerprint density at radius 2 is 1.57 bits per heavy atom. The highest BCUT2D eigenvalue weighted by molar-refractivity contribution is 6.16. The monoisotopic (exact) mass is 380 g/mol. The number of rotatable bonds is 4. The SMILES string of the molecule is COc1ccc(N2C(=O)CC(N3CCN(c4ccccc4)CC3)NC2=O)cc1. The van der Waals surface area contributed by atoms with E-state index >= 15 is 0 Å². The van der Waals surface area contributed by atoms with Gasteiger partial charge in [-0.25, -0.2) is 9.69 Å². The van der Waals surface area contributed by atoms with Crippen LogP contribution >= 0.6 is 0 Å². The number of ether oxygens (including phenoxy) is 1. The van der Waals surface area contributed by atoms with E-state index in [0.29, 0.717) is 11.4 Å². The molecule has 3 amide bonds. The van der Waals surface area contributed by atoms with Crippen LogP contribution in [0.15, 0.2) is 54.6 Å². The minimum Gasteiger partial charge on any atom is -0.497 e. The third-order valence-electron chi connectivity index (χ3n) is 5.32. The molecule has 0 bridgehead atoms. The smallest absolute Gasteiger partial charge is 0.329 e. The molecule has 2 aromatic carbocycles. The van der Waals surface area contributed by atoms with E-state index in [1.165, 1.54) is 10.6 Å². The average molecular weight is 380 g/mol. The first kappa shape index (κ1) is 18.3. The molecule has 2 aromatic rings. The summed E-state index contributed by atoms with van der Waals surface area (Å²) in [6, 6.07) is 16.8. The van der Waals surface area contributed by atoms with Gasteiger partial charge in [0.1, 0.15) is 5.75 Å². The Morgan fingerprint density at radius 3 is 2.18 bits per heavy atom. The Hall–Kier alpha value is -3.06. The highest BCUT2D eigenvalue weighted by Gasteiger charge is 2.36. The summed E-state index contributed by atoms with van der Waals surface area (Å²) < 4.78 is 5.13. The van der Waals surface area contributed by atoms with Crippen molar-refractivity contribution in [3.63, 3.8) is 0 Å². The number of carbonyl (C=O) groups is 2. The van der Waals surface area contributed by atoms with Crippen molar-refractivity contribution in [2.24, 2.45) is 0 Å². The Morgan fingerprint density at radius 1 is 0.893 bits per heavy atom. The molecule has 0 radical (unpaired) electrons. The summed E-state index contributed by atoms with van der Waals surface area (Å²) in [6.07, 6.45) is 0.00995. The molecule has 1 N–H and O–H groups in total. The normalized spacial score (nSPS) is 20.8. The van der Waals surface area contributed by atoms with Gasteiger partial charge in [-0.1, -0.05) is 18.2 Å². The van der Waals surface area contributed by atoms with Gasteiger partial charge in [-0.3, -0.25) is 9.69 Å². The highest BCUT2D eigenvalue weighted by atomic mass is 16.5. The molecule has 0 aliphatic carbocycles. The molecule has 4 rings (SSSR count). The van der Waals surface area contributed by atoms with Gasteiger partial charge in [0.25, 0.3) is 0 Å². The summed E-state index contributed by atoms with van der Waals surface area (Å²) >= 11 is 0. The van der Waals surface area contributed by atoms with Crippen LogP contribution in [0.2, 0.25) is 0 Å². The standard InChI is InChI=1S/C21H24N4O3/c1-28-18-9-7-17(8-10-18)25-20(26)15-19(22-21(25)27)24-13-11-23(12-14-24)16-5-3-2-4-6-16/h2-10,19H,11-15H2,1H3,(H,22,27). The molecule has 0 aromatic heterocycles. The molecular formula is C21H24N4O3. The second kappa shape index (κ2) is 7.90. The Labute approximate surface area is 164 Å². The summed E-state index contributed by atoms with van der Waals surface area (Å²) in [5, 5.41) is 2.99. The zero-order chi connectivity index (χ0) is 19.5. The van der Waals surface area contributed by atoms with Gasteiger partial charge in [-0.05, 0) is 36.4 Å². The summed E-state index contributed by atoms with van der Waals surface area (Å²) in [5.74, 6) is 0.493. The number of hydrogen-bond acceptors (Lipinski definition) is 5. The fraction of sp³-hybridized carbons (Fsp3) is 0.333. The molecule has 2 saturated heterocycles. The van der Waals surface area contributed by atoms with Crippen LogP contribution in [0.25, 0.3) is 0 Å². The predicted molar refractivity (Wildman–Crippen MR) is 108 cm³/mol. The van der Waals surface area contributed by atoms with Crippen LogP contribution in [-0.2, 0) is 4.79 Å². The first-order valence-corrected chi connectivity index (χ1v) is 9.47. The molecule has 2 aliphatic rings. The van der Waals surface area contributed by atoms with E-state index in [-0.39, 0.29) is 24.5 Å². The number of para-hydroxylation sites is 1. The lowest BCUT2D eigenvalue weighted by Gasteiger charge is -2.42. The van der Waals surface area contributed by atoms with Gasteiger partial charge in [0, 0.05) is 31.9 Å². The van der Waals surface area contributed by atoms with Gasteiger partial charge in [-0.2, -0.15) is 0 Å². The minimum atomic E-state index is -0.378. The number of benzene rings is 2. The number of piperazine rings is 1. The number of imide groups is 1. The summed E-state index contributed by atoms with van der Waals surface area (Å²) in [4.78, 5) is 31.0. The number of hydrogen-bond donors (Lipinski definition) is 1. The fourth-order valence-electron chi connectivity index (χ4n) is 3.77. The van der Waals surface area contributed by atoms with Gasteiger partial charge in [0.05, 0.1) is 25.4 Å². The van der Waals surface area contributed by atoms with Crippen LogP contribution in [0.3, 0.4) is 0 Å². The zero-order valence-corrected chi connectivity index (χ0v) is 15.9. The molecule has 7 nitrogen and oxygen atoms in total. The van der Waals surface area contributed by atoms with E-state index in [0.717, 1.165) is 26.2 Å². The molecule has 1 unspecified atom stereocenters. The van der Waals surface area contributed by atoms with Gasteiger partial charge in [0.2, 0.25) is 5.91 Å². The fourth-order valence-corrected chi connectivity index (χ4v) is 3.77. The Bertz CT molecular complexity index is 814. The first-order valence-electron chi connectivity index (χ1n) is 9.47. The maximum atomic E-state index is 12.7. The van der Waals surface area contributed by atoms with Crippen LogP contribution in [0.4, 0.5) is 16.2 Å². The number of nitrogens with one attached hydrogen (secondary N) is 1. The zero-order valence-electron chi connectivity index (χ0n) is 15.9. The van der Waals surface area contributed by atoms with Crippen molar-refractivity contribution in [1.82, 2.24) is 10.2 Å². The molecule has 146 valence electrons. The molecule has 1 atom stereocenters. The molecule has 2 fully saturated rings. The van der Waals surface area contributed by atoms with Crippen LogP contribution in [0, 0.1) is 0 Å². The maximum absolute atomic E-state index is 12.7. The second-order valence-corrected chi connectivity index (χ2v) is 6.96. The van der Waals surface area contributed by atoms with E-state index < -0.39 is 0 Å². The second-order valence-electron chi connectivity index (χ2n) is 6.96. The molecule has 2 heterocycles. The third kappa shape index (κ3) is 3.66. The number of nitrogens with zero attached hydrogens (tertiary/aromatic N) is 3. The molecule has 28 heavy (non-hydrogen) atoms.